The highest BCUT2D eigenvalue weighted by Crippen LogP contribution is 2.22. The van der Waals surface area contributed by atoms with Crippen LogP contribution < -0.4 is 11.2 Å². The van der Waals surface area contributed by atoms with E-state index in [0.29, 0.717) is 16.7 Å². The number of benzene rings is 1. The third-order valence-corrected chi connectivity index (χ3v) is 3.94. The van der Waals surface area contributed by atoms with Gasteiger partial charge >= 0.3 is 0 Å². The molecule has 0 spiro atoms. The molecule has 8 heteroatoms. The molecule has 0 saturated carbocycles. The predicted molar refractivity (Wildman–Crippen MR) is 86.2 cm³/mol. The number of amides is 1. The van der Waals surface area contributed by atoms with Crippen LogP contribution >= 0.6 is 11.8 Å². The van der Waals surface area contributed by atoms with Crippen molar-refractivity contribution in [2.75, 3.05) is 16.9 Å². The molecule has 0 aliphatic heterocycles. The van der Waals surface area contributed by atoms with Crippen molar-refractivity contribution >= 4 is 23.4 Å². The van der Waals surface area contributed by atoms with Crippen LogP contribution in [0, 0.1) is 0 Å². The highest BCUT2D eigenvalue weighted by atomic mass is 32.2. The Kier molecular flexibility index (Phi) is 5.65. The van der Waals surface area contributed by atoms with E-state index in [2.05, 4.69) is 22.4 Å². The van der Waals surface area contributed by atoms with Gasteiger partial charge in [0.1, 0.15) is 5.75 Å². The smallest absolute Gasteiger partial charge is 0.234 e. The Bertz CT molecular complexity index is 644. The number of nitrogens with one attached hydrogen (secondary N) is 1. The zero-order valence-electron chi connectivity index (χ0n) is 12.3. The van der Waals surface area contributed by atoms with Crippen molar-refractivity contribution in [1.29, 1.82) is 0 Å². The van der Waals surface area contributed by atoms with E-state index in [4.69, 9.17) is 5.84 Å². The topological polar surface area (TPSA) is 106 Å². The highest BCUT2D eigenvalue weighted by Gasteiger charge is 2.12. The van der Waals surface area contributed by atoms with E-state index in [1.165, 1.54) is 22.5 Å². The monoisotopic (exact) mass is 321 g/mol. The minimum absolute atomic E-state index is 0.0321. The third kappa shape index (κ3) is 4.14. The number of anilines is 1. The van der Waals surface area contributed by atoms with E-state index in [0.717, 1.165) is 19.3 Å². The molecule has 0 aliphatic carbocycles. The second kappa shape index (κ2) is 7.69. The molecule has 0 aliphatic rings. The van der Waals surface area contributed by atoms with Crippen LogP contribution in [0.2, 0.25) is 0 Å². The lowest BCUT2D eigenvalue weighted by Gasteiger charge is -2.06. The molecule has 2 aromatic rings. The minimum Gasteiger partial charge on any atom is -0.506 e. The number of rotatable bonds is 7. The Hall–Kier alpha value is -2.22. The third-order valence-electron chi connectivity index (χ3n) is 3.00. The summed E-state index contributed by atoms with van der Waals surface area (Å²) in [5.74, 6) is 6.54. The number of phenols is 1. The molecule has 1 amide bonds. The first-order valence-electron chi connectivity index (χ1n) is 7.01. The van der Waals surface area contributed by atoms with Gasteiger partial charge in [0.25, 0.3) is 0 Å². The maximum absolute atomic E-state index is 11.9. The average Bonchev–Trinajstić information content (AvgIpc) is 2.86. The molecule has 0 saturated heterocycles. The van der Waals surface area contributed by atoms with Crippen LogP contribution in [0.5, 0.6) is 5.75 Å². The Labute approximate surface area is 132 Å². The summed E-state index contributed by atoms with van der Waals surface area (Å²) in [7, 11) is 0. The molecule has 4 N–H and O–H groups in total. The number of carbonyl (C=O) groups excluding carboxylic acids is 1. The van der Waals surface area contributed by atoms with Gasteiger partial charge in [0.2, 0.25) is 11.1 Å². The van der Waals surface area contributed by atoms with E-state index in [9.17, 15) is 9.90 Å². The zero-order chi connectivity index (χ0) is 15.9. The summed E-state index contributed by atoms with van der Waals surface area (Å²) in [5.41, 5.74) is 0.381. The number of nitrogens with zero attached hydrogens (tertiary/aromatic N) is 3. The summed E-state index contributed by atoms with van der Waals surface area (Å²) in [6.45, 7) is 2.09. The fourth-order valence-electron chi connectivity index (χ4n) is 1.81. The van der Waals surface area contributed by atoms with Gasteiger partial charge in [-0.1, -0.05) is 37.2 Å². The molecule has 0 bridgehead atoms. The molecular weight excluding hydrogens is 302 g/mol. The number of hydrogen-bond donors (Lipinski definition) is 3. The summed E-state index contributed by atoms with van der Waals surface area (Å²) in [5, 5.41) is 20.7. The van der Waals surface area contributed by atoms with E-state index in [-0.39, 0.29) is 17.4 Å². The number of unbranched alkanes of at least 4 members (excludes halogenated alkanes) is 1. The van der Waals surface area contributed by atoms with Crippen LogP contribution in [0.4, 0.5) is 5.69 Å². The number of para-hydroxylation sites is 2. The normalized spacial score (nSPS) is 10.6. The van der Waals surface area contributed by atoms with Crippen LogP contribution in [0.1, 0.15) is 25.6 Å². The lowest BCUT2D eigenvalue weighted by molar-refractivity contribution is -0.113. The maximum atomic E-state index is 11.9. The van der Waals surface area contributed by atoms with Crippen molar-refractivity contribution < 1.29 is 9.90 Å². The summed E-state index contributed by atoms with van der Waals surface area (Å²) in [6.07, 6.45) is 2.82. The van der Waals surface area contributed by atoms with Crippen molar-refractivity contribution in [3.63, 3.8) is 0 Å². The van der Waals surface area contributed by atoms with E-state index >= 15 is 0 Å². The van der Waals surface area contributed by atoms with Crippen LogP contribution in [0.3, 0.4) is 0 Å². The largest absolute Gasteiger partial charge is 0.506 e. The zero-order valence-corrected chi connectivity index (χ0v) is 13.1. The van der Waals surface area contributed by atoms with Crippen molar-refractivity contribution in [1.82, 2.24) is 14.9 Å². The number of aromatic nitrogens is 3. The number of thioether (sulfide) groups is 1. The molecule has 0 atom stereocenters. The summed E-state index contributed by atoms with van der Waals surface area (Å²) >= 11 is 1.21. The molecule has 1 aromatic heterocycles. The molecule has 2 rings (SSSR count). The number of hydrogen-bond acceptors (Lipinski definition) is 6. The number of aromatic hydroxyl groups is 1. The van der Waals surface area contributed by atoms with Gasteiger partial charge in [-0.3, -0.25) is 4.79 Å². The predicted octanol–water partition coefficient (Wildman–Crippen LogP) is 1.77. The Morgan fingerprint density at radius 2 is 2.18 bits per heavy atom. The quantitative estimate of drug-likeness (QED) is 0.408. The van der Waals surface area contributed by atoms with Gasteiger partial charge < -0.3 is 16.3 Å². The standard InChI is InChI=1S/C14H19N5O2S/c1-2-3-8-12-17-18-14(19(12)15)22-9-13(21)16-10-6-4-5-7-11(10)20/h4-7,20H,2-3,8-9,15H2,1H3,(H,16,21). The fourth-order valence-corrected chi connectivity index (χ4v) is 2.48. The molecule has 0 unspecified atom stereocenters. The highest BCUT2D eigenvalue weighted by molar-refractivity contribution is 7.99. The minimum atomic E-state index is -0.246. The van der Waals surface area contributed by atoms with Gasteiger partial charge in [0, 0.05) is 6.42 Å². The Balaban J connectivity index is 1.89. The van der Waals surface area contributed by atoms with E-state index in [1.54, 1.807) is 18.2 Å². The molecule has 1 aromatic carbocycles. The van der Waals surface area contributed by atoms with Crippen LogP contribution in [0.25, 0.3) is 0 Å². The number of aryl methyl sites for hydroxylation is 1. The Morgan fingerprint density at radius 1 is 1.41 bits per heavy atom. The lowest BCUT2D eigenvalue weighted by Crippen LogP contribution is -2.17. The average molecular weight is 321 g/mol. The summed E-state index contributed by atoms with van der Waals surface area (Å²) < 4.78 is 1.42. The number of phenolic OH excluding ortho intramolecular Hbond substituents is 1. The molecule has 1 heterocycles. The second-order valence-corrected chi connectivity index (χ2v) is 5.67. The van der Waals surface area contributed by atoms with Crippen LogP contribution in [-0.2, 0) is 11.2 Å². The SMILES string of the molecule is CCCCc1nnc(SCC(=O)Nc2ccccc2O)n1N. The molecule has 0 radical (unpaired) electrons. The maximum Gasteiger partial charge on any atom is 0.234 e. The van der Waals surface area contributed by atoms with E-state index < -0.39 is 0 Å². The van der Waals surface area contributed by atoms with Gasteiger partial charge in [-0.25, -0.2) is 4.68 Å². The molecule has 22 heavy (non-hydrogen) atoms. The molecule has 118 valence electrons. The van der Waals surface area contributed by atoms with Crippen molar-refractivity contribution in [2.45, 2.75) is 31.3 Å². The van der Waals surface area contributed by atoms with Crippen molar-refractivity contribution in [2.24, 2.45) is 0 Å². The van der Waals surface area contributed by atoms with Crippen molar-refractivity contribution in [3.8, 4) is 5.75 Å². The van der Waals surface area contributed by atoms with Gasteiger partial charge in [0.05, 0.1) is 11.4 Å². The van der Waals surface area contributed by atoms with Gasteiger partial charge in [-0.15, -0.1) is 10.2 Å². The first kappa shape index (κ1) is 16.2. The van der Waals surface area contributed by atoms with E-state index in [1.807, 2.05) is 0 Å². The molecule has 0 fully saturated rings. The van der Waals surface area contributed by atoms with Crippen LogP contribution in [0.15, 0.2) is 29.4 Å². The molecular formula is C14H19N5O2S. The van der Waals surface area contributed by atoms with Gasteiger partial charge in [0.15, 0.2) is 5.82 Å². The summed E-state index contributed by atoms with van der Waals surface area (Å²) in [4.78, 5) is 11.9. The molecule has 7 nitrogen and oxygen atoms in total. The lowest BCUT2D eigenvalue weighted by atomic mass is 10.2. The Morgan fingerprint density at radius 3 is 2.91 bits per heavy atom. The number of carbonyl (C=O) groups is 1. The van der Waals surface area contributed by atoms with Gasteiger partial charge in [-0.05, 0) is 18.6 Å². The number of nitrogens with two attached hydrogens (primary N) is 1. The summed E-state index contributed by atoms with van der Waals surface area (Å²) in [6, 6.07) is 6.57. The first-order valence-corrected chi connectivity index (χ1v) is 8.00. The first-order chi connectivity index (χ1) is 10.6. The number of nitrogen functional groups attached to an aromatic ring is 1. The van der Waals surface area contributed by atoms with Crippen LogP contribution in [-0.4, -0.2) is 31.6 Å². The van der Waals surface area contributed by atoms with Crippen molar-refractivity contribution in [3.05, 3.63) is 30.1 Å². The fraction of sp³-hybridized carbons (Fsp3) is 0.357. The second-order valence-electron chi connectivity index (χ2n) is 4.73. The van der Waals surface area contributed by atoms with Gasteiger partial charge in [-0.2, -0.15) is 0 Å².